The molecule has 1 atom stereocenters. The third-order valence-electron chi connectivity index (χ3n) is 5.07. The van der Waals surface area contributed by atoms with Crippen molar-refractivity contribution in [3.05, 3.63) is 72.2 Å². The molecule has 0 radical (unpaired) electrons. The topological polar surface area (TPSA) is 106 Å². The smallest absolute Gasteiger partial charge is 0.324 e. The first kappa shape index (κ1) is 23.9. The van der Waals surface area contributed by atoms with Crippen molar-refractivity contribution in [3.8, 4) is 11.5 Å². The van der Waals surface area contributed by atoms with E-state index in [2.05, 4.69) is 20.6 Å². The number of rotatable bonds is 7. The van der Waals surface area contributed by atoms with Gasteiger partial charge in [-0.3, -0.25) is 14.7 Å². The summed E-state index contributed by atoms with van der Waals surface area (Å²) in [6, 6.07) is 10.8. The molecule has 1 unspecified atom stereocenters. The Morgan fingerprint density at radius 1 is 1.23 bits per heavy atom. The molecule has 0 spiro atoms. The van der Waals surface area contributed by atoms with E-state index in [1.54, 1.807) is 61.1 Å². The number of urea groups is 1. The fraction of sp³-hybridized carbons (Fsp3) is 0.280. The highest BCUT2D eigenvalue weighted by atomic mass is 19.2. The fourth-order valence-corrected chi connectivity index (χ4v) is 3.55. The summed E-state index contributed by atoms with van der Waals surface area (Å²) in [5, 5.41) is 5.67. The summed E-state index contributed by atoms with van der Waals surface area (Å²) < 4.78 is 24.9. The van der Waals surface area contributed by atoms with Crippen molar-refractivity contribution in [1.82, 2.24) is 15.3 Å². The normalized spacial score (nSPS) is 13.9. The molecule has 182 valence electrons. The monoisotopic (exact) mass is 479 g/mol. The summed E-state index contributed by atoms with van der Waals surface area (Å²) in [6.45, 7) is 4.38. The number of aromatic nitrogens is 2. The molecule has 35 heavy (non-hydrogen) atoms. The highest BCUT2D eigenvalue weighted by molar-refractivity contribution is 6.08. The van der Waals surface area contributed by atoms with Gasteiger partial charge in [-0.05, 0) is 48.4 Å². The number of benzene rings is 1. The van der Waals surface area contributed by atoms with E-state index in [-0.39, 0.29) is 19.1 Å². The van der Waals surface area contributed by atoms with E-state index in [0.717, 1.165) is 5.56 Å². The van der Waals surface area contributed by atoms with Crippen LogP contribution in [-0.2, 0) is 4.79 Å². The van der Waals surface area contributed by atoms with Crippen LogP contribution in [0.3, 0.4) is 0 Å². The van der Waals surface area contributed by atoms with E-state index in [9.17, 15) is 14.0 Å². The zero-order valence-corrected chi connectivity index (χ0v) is 19.6. The summed E-state index contributed by atoms with van der Waals surface area (Å²) in [5.41, 5.74) is 2.02. The number of halogens is 1. The number of aryl methyl sites for hydroxylation is 1. The van der Waals surface area contributed by atoms with Crippen LogP contribution in [0.4, 0.5) is 20.7 Å². The van der Waals surface area contributed by atoms with Crippen molar-refractivity contribution < 1.29 is 23.5 Å². The molecule has 1 aliphatic rings. The summed E-state index contributed by atoms with van der Waals surface area (Å²) >= 11 is 0. The molecule has 3 aromatic rings. The molecule has 0 saturated heterocycles. The number of pyridine rings is 2. The van der Waals surface area contributed by atoms with Crippen LogP contribution in [0.25, 0.3) is 0 Å². The fourth-order valence-electron chi connectivity index (χ4n) is 3.55. The Bertz CT molecular complexity index is 1200. The molecule has 0 aliphatic carbocycles. The number of nitrogens with zero attached hydrogens (tertiary/aromatic N) is 3. The number of fused-ring (bicyclic) bond motifs is 1. The van der Waals surface area contributed by atoms with Gasteiger partial charge >= 0.3 is 6.03 Å². The average molecular weight is 480 g/mol. The molecule has 3 heterocycles. The number of carbonyl (C=O) groups is 2. The second-order valence-electron chi connectivity index (χ2n) is 8.55. The largest absolute Gasteiger partial charge is 0.489 e. The lowest BCUT2D eigenvalue weighted by Gasteiger charge is -2.30. The second kappa shape index (κ2) is 9.96. The maximum Gasteiger partial charge on any atom is 0.324 e. The standard InChI is InChI=1S/C25H26FN5O4/c1-16-11-20-23(28-12-16)31(14-22(32)29-20)24(33)30-21(15-34-19-5-4-10-27-13-19)17-6-8-18(9-7-17)35-25(2,3)26/h4-13,21H,14-15H2,1-3H3,(H,29,32)(H,30,33). The van der Waals surface area contributed by atoms with Crippen molar-refractivity contribution in [3.63, 3.8) is 0 Å². The highest BCUT2D eigenvalue weighted by Crippen LogP contribution is 2.29. The van der Waals surface area contributed by atoms with Gasteiger partial charge in [0, 0.05) is 26.2 Å². The number of ether oxygens (including phenoxy) is 2. The number of nitrogens with one attached hydrogen (secondary N) is 2. The third kappa shape index (κ3) is 6.23. The predicted molar refractivity (Wildman–Crippen MR) is 128 cm³/mol. The van der Waals surface area contributed by atoms with Gasteiger partial charge in [0.2, 0.25) is 11.8 Å². The van der Waals surface area contributed by atoms with Crippen LogP contribution in [0, 0.1) is 6.92 Å². The summed E-state index contributed by atoms with van der Waals surface area (Å²) in [5.74, 6) is -0.912. The summed E-state index contributed by atoms with van der Waals surface area (Å²) in [7, 11) is 0. The first-order valence-corrected chi connectivity index (χ1v) is 11.0. The molecular weight excluding hydrogens is 453 g/mol. The summed E-state index contributed by atoms with van der Waals surface area (Å²) in [6.07, 6.45) is 4.83. The van der Waals surface area contributed by atoms with E-state index in [0.29, 0.717) is 28.6 Å². The van der Waals surface area contributed by atoms with Gasteiger partial charge in [0.1, 0.15) is 24.7 Å². The Labute approximate surface area is 202 Å². The Morgan fingerprint density at radius 3 is 2.69 bits per heavy atom. The van der Waals surface area contributed by atoms with E-state index in [1.165, 1.54) is 18.7 Å². The van der Waals surface area contributed by atoms with Crippen LogP contribution < -0.4 is 25.0 Å². The molecule has 1 aliphatic heterocycles. The molecule has 1 aromatic carbocycles. The molecule has 3 amide bonds. The summed E-state index contributed by atoms with van der Waals surface area (Å²) in [4.78, 5) is 35.2. The number of anilines is 2. The van der Waals surface area contributed by atoms with Crippen LogP contribution in [0.2, 0.25) is 0 Å². The van der Waals surface area contributed by atoms with Crippen molar-refractivity contribution in [2.45, 2.75) is 32.7 Å². The van der Waals surface area contributed by atoms with Gasteiger partial charge in [-0.2, -0.15) is 4.39 Å². The SMILES string of the molecule is Cc1cnc2c(c1)NC(=O)CN2C(=O)NC(COc1cccnc1)c1ccc(OC(C)(C)F)cc1. The lowest BCUT2D eigenvalue weighted by atomic mass is 10.1. The number of hydrogen-bond donors (Lipinski definition) is 2. The Morgan fingerprint density at radius 2 is 2.00 bits per heavy atom. The van der Waals surface area contributed by atoms with E-state index in [4.69, 9.17) is 9.47 Å². The van der Waals surface area contributed by atoms with Gasteiger partial charge in [0.25, 0.3) is 0 Å². The van der Waals surface area contributed by atoms with Gasteiger partial charge < -0.3 is 20.1 Å². The molecule has 2 N–H and O–H groups in total. The van der Waals surface area contributed by atoms with Gasteiger partial charge in [-0.15, -0.1) is 0 Å². The van der Waals surface area contributed by atoms with E-state index >= 15 is 0 Å². The Kier molecular flexibility index (Phi) is 6.81. The minimum Gasteiger partial charge on any atom is -0.489 e. The molecule has 9 nitrogen and oxygen atoms in total. The molecule has 0 fully saturated rings. The predicted octanol–water partition coefficient (Wildman–Crippen LogP) is 4.16. The van der Waals surface area contributed by atoms with Crippen molar-refractivity contribution in [1.29, 1.82) is 0 Å². The molecule has 2 aromatic heterocycles. The van der Waals surface area contributed by atoms with Crippen LogP contribution in [0.15, 0.2) is 61.1 Å². The zero-order valence-electron chi connectivity index (χ0n) is 19.6. The lowest BCUT2D eigenvalue weighted by molar-refractivity contribution is -0.115. The van der Waals surface area contributed by atoms with Crippen LogP contribution in [0.1, 0.15) is 31.0 Å². The molecular formula is C25H26FN5O4. The zero-order chi connectivity index (χ0) is 25.0. The van der Waals surface area contributed by atoms with Gasteiger partial charge in [-0.25, -0.2) is 9.78 Å². The third-order valence-corrected chi connectivity index (χ3v) is 5.07. The van der Waals surface area contributed by atoms with Crippen LogP contribution >= 0.6 is 0 Å². The van der Waals surface area contributed by atoms with E-state index < -0.39 is 17.9 Å². The molecule has 0 bridgehead atoms. The minimum atomic E-state index is -1.83. The minimum absolute atomic E-state index is 0.0838. The van der Waals surface area contributed by atoms with Crippen molar-refractivity contribution >= 4 is 23.4 Å². The van der Waals surface area contributed by atoms with E-state index in [1.807, 2.05) is 6.92 Å². The van der Waals surface area contributed by atoms with Crippen molar-refractivity contribution in [2.24, 2.45) is 0 Å². The molecule has 0 saturated carbocycles. The lowest BCUT2D eigenvalue weighted by Crippen LogP contribution is -2.49. The first-order chi connectivity index (χ1) is 16.7. The number of amides is 3. The number of alkyl halides is 1. The van der Waals surface area contributed by atoms with Crippen LogP contribution in [-0.4, -0.2) is 40.9 Å². The van der Waals surface area contributed by atoms with Crippen molar-refractivity contribution in [2.75, 3.05) is 23.4 Å². The Hall–Kier alpha value is -4.21. The molecule has 10 heteroatoms. The van der Waals surface area contributed by atoms with Gasteiger partial charge in [-0.1, -0.05) is 12.1 Å². The number of hydrogen-bond acceptors (Lipinski definition) is 6. The van der Waals surface area contributed by atoms with Gasteiger partial charge in [0.05, 0.1) is 17.9 Å². The Balaban J connectivity index is 1.56. The highest BCUT2D eigenvalue weighted by Gasteiger charge is 2.30. The average Bonchev–Trinajstić information content (AvgIpc) is 2.81. The quantitative estimate of drug-likeness (QED) is 0.527. The second-order valence-corrected chi connectivity index (χ2v) is 8.55. The van der Waals surface area contributed by atoms with Gasteiger partial charge in [0.15, 0.2) is 5.82 Å². The molecule has 4 rings (SSSR count). The van der Waals surface area contributed by atoms with Crippen LogP contribution in [0.5, 0.6) is 11.5 Å². The maximum atomic E-state index is 13.8. The number of carbonyl (C=O) groups excluding carboxylic acids is 2. The first-order valence-electron chi connectivity index (χ1n) is 11.0. The maximum absolute atomic E-state index is 13.8.